The number of hydrogen-bond acceptors (Lipinski definition) is 6. The Bertz CT molecular complexity index is 438. The van der Waals surface area contributed by atoms with Crippen LogP contribution in [-0.4, -0.2) is 49.0 Å². The summed E-state index contributed by atoms with van der Waals surface area (Å²) in [6.45, 7) is 4.10. The zero-order valence-corrected chi connectivity index (χ0v) is 11.6. The van der Waals surface area contributed by atoms with Gasteiger partial charge in [0.1, 0.15) is 0 Å². The smallest absolute Gasteiger partial charge is 0.358 e. The Morgan fingerprint density at radius 1 is 1.37 bits per heavy atom. The van der Waals surface area contributed by atoms with Crippen LogP contribution >= 0.6 is 0 Å². The van der Waals surface area contributed by atoms with Crippen LogP contribution in [-0.2, 0) is 4.74 Å². The van der Waals surface area contributed by atoms with Crippen molar-refractivity contribution in [3.63, 3.8) is 0 Å². The van der Waals surface area contributed by atoms with Gasteiger partial charge in [0.2, 0.25) is 0 Å². The summed E-state index contributed by atoms with van der Waals surface area (Å²) in [5.74, 6) is 0.353. The van der Waals surface area contributed by atoms with Crippen LogP contribution in [0.2, 0.25) is 0 Å². The van der Waals surface area contributed by atoms with Gasteiger partial charge >= 0.3 is 5.97 Å². The molecule has 0 unspecified atom stereocenters. The Balaban J connectivity index is 2.02. The molecule has 0 saturated carbocycles. The topological polar surface area (TPSA) is 67.4 Å². The number of aromatic nitrogens is 2. The number of esters is 1. The Kier molecular flexibility index (Phi) is 3.99. The van der Waals surface area contributed by atoms with Gasteiger partial charge in [0.25, 0.3) is 0 Å². The third-order valence-corrected chi connectivity index (χ3v) is 3.84. The first-order chi connectivity index (χ1) is 9.08. The molecular formula is C13H20N4O2. The first-order valence-electron chi connectivity index (χ1n) is 6.44. The number of piperidine rings is 1. The standard InChI is InChI=1S/C13H20N4O2/c1-13(14-2)6-8-17(9-7-13)11-5-4-10(15-16-11)12(18)19-3/h4-5,14H,6-9H2,1-3H3. The Morgan fingerprint density at radius 2 is 2.05 bits per heavy atom. The van der Waals surface area contributed by atoms with E-state index < -0.39 is 5.97 Å². The molecule has 0 atom stereocenters. The van der Waals surface area contributed by atoms with Gasteiger partial charge in [0.15, 0.2) is 11.5 Å². The van der Waals surface area contributed by atoms with E-state index >= 15 is 0 Å². The van der Waals surface area contributed by atoms with Gasteiger partial charge in [-0.15, -0.1) is 10.2 Å². The lowest BCUT2D eigenvalue weighted by Gasteiger charge is -2.39. The molecular weight excluding hydrogens is 244 g/mol. The van der Waals surface area contributed by atoms with E-state index in [1.165, 1.54) is 7.11 Å². The molecule has 1 aliphatic heterocycles. The summed E-state index contributed by atoms with van der Waals surface area (Å²) >= 11 is 0. The molecule has 19 heavy (non-hydrogen) atoms. The van der Waals surface area contributed by atoms with Crippen LogP contribution in [0.5, 0.6) is 0 Å². The fraction of sp³-hybridized carbons (Fsp3) is 0.615. The molecule has 6 heteroatoms. The molecule has 2 heterocycles. The summed E-state index contributed by atoms with van der Waals surface area (Å²) in [6, 6.07) is 3.47. The molecule has 104 valence electrons. The summed E-state index contributed by atoms with van der Waals surface area (Å²) in [5.41, 5.74) is 0.443. The monoisotopic (exact) mass is 264 g/mol. The number of carbonyl (C=O) groups is 1. The molecule has 1 aromatic heterocycles. The quantitative estimate of drug-likeness (QED) is 0.816. The first-order valence-corrected chi connectivity index (χ1v) is 6.44. The van der Waals surface area contributed by atoms with Gasteiger partial charge in [0.05, 0.1) is 7.11 Å². The molecule has 1 aromatic rings. The lowest BCUT2D eigenvalue weighted by Crippen LogP contribution is -2.50. The van der Waals surface area contributed by atoms with E-state index in [4.69, 9.17) is 0 Å². The summed E-state index contributed by atoms with van der Waals surface area (Å²) < 4.78 is 4.60. The summed E-state index contributed by atoms with van der Waals surface area (Å²) in [4.78, 5) is 13.5. The van der Waals surface area contributed by atoms with Gasteiger partial charge in [0, 0.05) is 18.6 Å². The van der Waals surface area contributed by atoms with Crippen molar-refractivity contribution in [2.75, 3.05) is 32.1 Å². The van der Waals surface area contributed by atoms with E-state index in [0.29, 0.717) is 0 Å². The fourth-order valence-electron chi connectivity index (χ4n) is 2.19. The van der Waals surface area contributed by atoms with Crippen molar-refractivity contribution in [2.45, 2.75) is 25.3 Å². The number of nitrogens with one attached hydrogen (secondary N) is 1. The van der Waals surface area contributed by atoms with E-state index in [1.807, 2.05) is 13.1 Å². The molecule has 2 rings (SSSR count). The Hall–Kier alpha value is -1.69. The van der Waals surface area contributed by atoms with Gasteiger partial charge < -0.3 is 15.0 Å². The third kappa shape index (κ3) is 3.01. The molecule has 1 saturated heterocycles. The molecule has 0 radical (unpaired) electrons. The number of ether oxygens (including phenoxy) is 1. The summed E-state index contributed by atoms with van der Waals surface area (Å²) in [5, 5.41) is 11.4. The zero-order chi connectivity index (χ0) is 13.9. The van der Waals surface area contributed by atoms with Crippen LogP contribution in [0.3, 0.4) is 0 Å². The van der Waals surface area contributed by atoms with E-state index in [2.05, 4.69) is 32.1 Å². The maximum absolute atomic E-state index is 11.3. The Labute approximate surface area is 113 Å². The average molecular weight is 264 g/mol. The van der Waals surface area contributed by atoms with E-state index in [0.717, 1.165) is 31.7 Å². The van der Waals surface area contributed by atoms with Crippen LogP contribution in [0.15, 0.2) is 12.1 Å². The normalized spacial score (nSPS) is 18.2. The second kappa shape index (κ2) is 5.52. The summed E-state index contributed by atoms with van der Waals surface area (Å²) in [6.07, 6.45) is 2.12. The van der Waals surface area contributed by atoms with Gasteiger partial charge in [-0.05, 0) is 38.9 Å². The van der Waals surface area contributed by atoms with Crippen molar-refractivity contribution >= 4 is 11.8 Å². The minimum absolute atomic E-state index is 0.204. The molecule has 0 aromatic carbocycles. The SMILES string of the molecule is CNC1(C)CCN(c2ccc(C(=O)OC)nn2)CC1. The molecule has 1 N–H and O–H groups in total. The molecule has 6 nitrogen and oxygen atoms in total. The van der Waals surface area contributed by atoms with Crippen molar-refractivity contribution in [1.82, 2.24) is 15.5 Å². The molecule has 0 amide bonds. The predicted octanol–water partition coefficient (Wildman–Crippen LogP) is 0.841. The molecule has 0 aliphatic carbocycles. The van der Waals surface area contributed by atoms with Gasteiger partial charge in [-0.2, -0.15) is 0 Å². The number of anilines is 1. The highest BCUT2D eigenvalue weighted by Crippen LogP contribution is 2.24. The minimum Gasteiger partial charge on any atom is -0.464 e. The van der Waals surface area contributed by atoms with E-state index in [1.54, 1.807) is 6.07 Å². The van der Waals surface area contributed by atoms with Crippen LogP contribution < -0.4 is 10.2 Å². The van der Waals surface area contributed by atoms with Crippen molar-refractivity contribution in [2.24, 2.45) is 0 Å². The van der Waals surface area contributed by atoms with Crippen molar-refractivity contribution in [3.05, 3.63) is 17.8 Å². The lowest BCUT2D eigenvalue weighted by molar-refractivity contribution is 0.0592. The highest BCUT2D eigenvalue weighted by atomic mass is 16.5. The fourth-order valence-corrected chi connectivity index (χ4v) is 2.19. The Morgan fingerprint density at radius 3 is 2.53 bits per heavy atom. The number of methoxy groups -OCH3 is 1. The van der Waals surface area contributed by atoms with Crippen LogP contribution in [0.1, 0.15) is 30.3 Å². The maximum atomic E-state index is 11.3. The zero-order valence-electron chi connectivity index (χ0n) is 11.6. The highest BCUT2D eigenvalue weighted by Gasteiger charge is 2.28. The van der Waals surface area contributed by atoms with E-state index in [-0.39, 0.29) is 11.2 Å². The van der Waals surface area contributed by atoms with Gasteiger partial charge in [-0.1, -0.05) is 0 Å². The van der Waals surface area contributed by atoms with Crippen LogP contribution in [0.25, 0.3) is 0 Å². The van der Waals surface area contributed by atoms with E-state index in [9.17, 15) is 4.79 Å². The van der Waals surface area contributed by atoms with Gasteiger partial charge in [-0.25, -0.2) is 4.79 Å². The number of carbonyl (C=O) groups excluding carboxylic acids is 1. The average Bonchev–Trinajstić information content (AvgIpc) is 2.47. The number of rotatable bonds is 3. The minimum atomic E-state index is -0.458. The second-order valence-corrected chi connectivity index (χ2v) is 5.07. The van der Waals surface area contributed by atoms with Crippen molar-refractivity contribution in [1.29, 1.82) is 0 Å². The molecule has 0 bridgehead atoms. The summed E-state index contributed by atoms with van der Waals surface area (Å²) in [7, 11) is 3.34. The van der Waals surface area contributed by atoms with Crippen LogP contribution in [0, 0.1) is 0 Å². The first kappa shape index (κ1) is 13.7. The van der Waals surface area contributed by atoms with Crippen molar-refractivity contribution in [3.8, 4) is 0 Å². The van der Waals surface area contributed by atoms with Gasteiger partial charge in [-0.3, -0.25) is 0 Å². The molecule has 0 spiro atoms. The predicted molar refractivity (Wildman–Crippen MR) is 72.3 cm³/mol. The largest absolute Gasteiger partial charge is 0.464 e. The number of nitrogens with zero attached hydrogens (tertiary/aromatic N) is 3. The molecule has 1 aliphatic rings. The highest BCUT2D eigenvalue weighted by molar-refractivity contribution is 5.86. The maximum Gasteiger partial charge on any atom is 0.358 e. The molecule has 1 fully saturated rings. The lowest BCUT2D eigenvalue weighted by atomic mass is 9.90. The number of hydrogen-bond donors (Lipinski definition) is 1. The third-order valence-electron chi connectivity index (χ3n) is 3.84. The van der Waals surface area contributed by atoms with Crippen LogP contribution in [0.4, 0.5) is 5.82 Å². The second-order valence-electron chi connectivity index (χ2n) is 5.07. The van der Waals surface area contributed by atoms with Crippen molar-refractivity contribution < 1.29 is 9.53 Å².